The van der Waals surface area contributed by atoms with E-state index in [9.17, 15) is 14.9 Å². The average molecular weight is 227 g/mol. The molecule has 1 N–H and O–H groups in total. The number of hydrogen-bond acceptors (Lipinski definition) is 4. The van der Waals surface area contributed by atoms with Crippen molar-refractivity contribution < 1.29 is 14.8 Å². The van der Waals surface area contributed by atoms with Crippen molar-refractivity contribution >= 4 is 11.7 Å². The second-order valence-corrected chi connectivity index (χ2v) is 4.48. The Bertz CT molecular complexity index is 456. The Labute approximate surface area is 91.8 Å². The molecule has 0 aromatic carbocycles. The van der Waals surface area contributed by atoms with Crippen LogP contribution in [0.2, 0.25) is 0 Å². The molecule has 0 bridgehead atoms. The molecule has 7 nitrogen and oxygen atoms in total. The number of aryl methyl sites for hydroxylation is 1. The Kier molecular flexibility index (Phi) is 2.72. The zero-order chi connectivity index (χ0) is 12.7. The van der Waals surface area contributed by atoms with Crippen molar-refractivity contribution in [3.63, 3.8) is 0 Å². The van der Waals surface area contributed by atoms with E-state index in [2.05, 4.69) is 5.10 Å². The summed E-state index contributed by atoms with van der Waals surface area (Å²) in [7, 11) is 1.38. The maximum absolute atomic E-state index is 10.9. The molecule has 1 aromatic heterocycles. The molecule has 0 fully saturated rings. The number of carbonyl (C=O) groups is 1. The van der Waals surface area contributed by atoms with Gasteiger partial charge in [-0.1, -0.05) is 20.8 Å². The number of carboxylic acid groups (broad SMARTS) is 1. The number of rotatable bonds is 2. The fourth-order valence-electron chi connectivity index (χ4n) is 1.43. The van der Waals surface area contributed by atoms with Gasteiger partial charge in [-0.2, -0.15) is 5.10 Å². The van der Waals surface area contributed by atoms with Crippen LogP contribution in [0.5, 0.6) is 0 Å². The van der Waals surface area contributed by atoms with E-state index in [0.717, 1.165) is 4.68 Å². The largest absolute Gasteiger partial charge is 0.476 e. The molecule has 16 heavy (non-hydrogen) atoms. The third-order valence-corrected chi connectivity index (χ3v) is 2.12. The predicted molar refractivity (Wildman–Crippen MR) is 55.5 cm³/mol. The third kappa shape index (κ3) is 1.88. The van der Waals surface area contributed by atoms with Gasteiger partial charge in [0, 0.05) is 12.5 Å². The molecule has 1 aromatic rings. The molecule has 0 aliphatic heterocycles. The van der Waals surface area contributed by atoms with Gasteiger partial charge in [-0.15, -0.1) is 0 Å². The van der Waals surface area contributed by atoms with Gasteiger partial charge in [-0.25, -0.2) is 4.79 Å². The zero-order valence-corrected chi connectivity index (χ0v) is 9.51. The first-order chi connectivity index (χ1) is 7.16. The average Bonchev–Trinajstić information content (AvgIpc) is 2.41. The van der Waals surface area contributed by atoms with Crippen LogP contribution in [-0.2, 0) is 12.5 Å². The van der Waals surface area contributed by atoms with E-state index < -0.39 is 27.7 Å². The van der Waals surface area contributed by atoms with Crippen molar-refractivity contribution in [2.45, 2.75) is 26.2 Å². The highest BCUT2D eigenvalue weighted by Crippen LogP contribution is 2.32. The van der Waals surface area contributed by atoms with E-state index in [-0.39, 0.29) is 5.69 Å². The molecule has 0 unspecified atom stereocenters. The fraction of sp³-hybridized carbons (Fsp3) is 0.556. The summed E-state index contributed by atoms with van der Waals surface area (Å²) in [5.74, 6) is -1.35. The Morgan fingerprint density at radius 1 is 1.50 bits per heavy atom. The second-order valence-electron chi connectivity index (χ2n) is 4.48. The molecule has 88 valence electrons. The van der Waals surface area contributed by atoms with Crippen LogP contribution >= 0.6 is 0 Å². The van der Waals surface area contributed by atoms with Crippen molar-refractivity contribution in [2.24, 2.45) is 7.05 Å². The van der Waals surface area contributed by atoms with Gasteiger partial charge in [0.05, 0.1) is 4.92 Å². The lowest BCUT2D eigenvalue weighted by Crippen LogP contribution is -2.14. The minimum Gasteiger partial charge on any atom is -0.476 e. The fourth-order valence-corrected chi connectivity index (χ4v) is 1.43. The van der Waals surface area contributed by atoms with E-state index >= 15 is 0 Å². The number of nitrogens with zero attached hydrogens (tertiary/aromatic N) is 3. The highest BCUT2D eigenvalue weighted by Gasteiger charge is 2.36. The molecule has 0 radical (unpaired) electrons. The lowest BCUT2D eigenvalue weighted by molar-refractivity contribution is -0.386. The summed E-state index contributed by atoms with van der Waals surface area (Å²) < 4.78 is 1.03. The molecule has 1 rings (SSSR count). The summed E-state index contributed by atoms with van der Waals surface area (Å²) >= 11 is 0. The van der Waals surface area contributed by atoms with Crippen molar-refractivity contribution in [3.05, 3.63) is 21.5 Å². The van der Waals surface area contributed by atoms with Crippen molar-refractivity contribution in [2.75, 3.05) is 0 Å². The van der Waals surface area contributed by atoms with Gasteiger partial charge in [-0.05, 0) is 0 Å². The van der Waals surface area contributed by atoms with Gasteiger partial charge in [-0.3, -0.25) is 14.8 Å². The highest BCUT2D eigenvalue weighted by molar-refractivity contribution is 5.91. The highest BCUT2D eigenvalue weighted by atomic mass is 16.6. The van der Waals surface area contributed by atoms with E-state index in [1.165, 1.54) is 7.05 Å². The first-order valence-corrected chi connectivity index (χ1v) is 4.61. The first-order valence-electron chi connectivity index (χ1n) is 4.61. The van der Waals surface area contributed by atoms with Gasteiger partial charge >= 0.3 is 11.7 Å². The van der Waals surface area contributed by atoms with Crippen LogP contribution < -0.4 is 0 Å². The molecular formula is C9H13N3O4. The lowest BCUT2D eigenvalue weighted by Gasteiger charge is -2.13. The Morgan fingerprint density at radius 2 is 2.00 bits per heavy atom. The number of aromatic carboxylic acids is 1. The van der Waals surface area contributed by atoms with Crippen molar-refractivity contribution in [1.29, 1.82) is 0 Å². The van der Waals surface area contributed by atoms with E-state index in [4.69, 9.17) is 5.11 Å². The van der Waals surface area contributed by atoms with Crippen LogP contribution in [0.25, 0.3) is 0 Å². The molecule has 0 saturated carbocycles. The summed E-state index contributed by atoms with van der Waals surface area (Å²) in [5, 5.41) is 23.7. The van der Waals surface area contributed by atoms with Crippen molar-refractivity contribution in [1.82, 2.24) is 9.78 Å². The number of carboxylic acids is 1. The Balaban J connectivity index is 3.60. The van der Waals surface area contributed by atoms with E-state index in [1.807, 2.05) is 0 Å². The Hall–Kier alpha value is -1.92. The van der Waals surface area contributed by atoms with Crippen LogP contribution in [-0.4, -0.2) is 25.8 Å². The summed E-state index contributed by atoms with van der Waals surface area (Å²) in [5.41, 5.74) is -1.22. The minimum absolute atomic E-state index is 0.178. The van der Waals surface area contributed by atoms with Crippen LogP contribution in [0.15, 0.2) is 0 Å². The van der Waals surface area contributed by atoms with E-state index in [1.54, 1.807) is 20.8 Å². The minimum atomic E-state index is -1.35. The third-order valence-electron chi connectivity index (χ3n) is 2.12. The quantitative estimate of drug-likeness (QED) is 0.606. The lowest BCUT2D eigenvalue weighted by atomic mass is 9.91. The number of aromatic nitrogens is 2. The molecule has 0 aliphatic rings. The predicted octanol–water partition coefficient (Wildman–Crippen LogP) is 1.32. The molecule has 0 spiro atoms. The maximum Gasteiger partial charge on any atom is 0.361 e. The monoisotopic (exact) mass is 227 g/mol. The van der Waals surface area contributed by atoms with E-state index in [0.29, 0.717) is 0 Å². The molecule has 0 saturated heterocycles. The first kappa shape index (κ1) is 12.2. The molecule has 7 heteroatoms. The van der Waals surface area contributed by atoms with Crippen LogP contribution in [0.1, 0.15) is 37.0 Å². The van der Waals surface area contributed by atoms with Gasteiger partial charge < -0.3 is 5.11 Å². The standard InChI is InChI=1S/C9H13N3O4/c1-9(2,3)7-5(12(15)16)6(8(13)14)11(4)10-7/h1-4H3,(H,13,14). The van der Waals surface area contributed by atoms with Gasteiger partial charge in [0.2, 0.25) is 5.69 Å². The van der Waals surface area contributed by atoms with Crippen LogP contribution in [0.3, 0.4) is 0 Å². The summed E-state index contributed by atoms with van der Waals surface area (Å²) in [6.07, 6.45) is 0. The van der Waals surface area contributed by atoms with Crippen molar-refractivity contribution in [3.8, 4) is 0 Å². The maximum atomic E-state index is 10.9. The Morgan fingerprint density at radius 3 is 2.31 bits per heavy atom. The second kappa shape index (κ2) is 3.58. The number of hydrogen-bond donors (Lipinski definition) is 1. The molecule has 1 heterocycles. The topological polar surface area (TPSA) is 98.3 Å². The molecular weight excluding hydrogens is 214 g/mol. The van der Waals surface area contributed by atoms with Gasteiger partial charge in [0.1, 0.15) is 5.69 Å². The van der Waals surface area contributed by atoms with Crippen LogP contribution in [0, 0.1) is 10.1 Å². The summed E-state index contributed by atoms with van der Waals surface area (Å²) in [6, 6.07) is 0. The SMILES string of the molecule is Cn1nc(C(C)(C)C)c([N+](=O)[O-])c1C(=O)O. The zero-order valence-electron chi connectivity index (χ0n) is 9.51. The van der Waals surface area contributed by atoms with Gasteiger partial charge in [0.25, 0.3) is 0 Å². The van der Waals surface area contributed by atoms with Gasteiger partial charge in [0.15, 0.2) is 0 Å². The smallest absolute Gasteiger partial charge is 0.361 e. The molecule has 0 amide bonds. The summed E-state index contributed by atoms with van der Waals surface area (Å²) in [6.45, 7) is 5.23. The molecule has 0 atom stereocenters. The number of nitro groups is 1. The van der Waals surface area contributed by atoms with Crippen LogP contribution in [0.4, 0.5) is 5.69 Å². The summed E-state index contributed by atoms with van der Waals surface area (Å²) in [4.78, 5) is 21.1. The molecule has 0 aliphatic carbocycles. The normalized spacial score (nSPS) is 11.5.